The van der Waals surface area contributed by atoms with Crippen molar-refractivity contribution in [1.82, 2.24) is 9.80 Å². The average Bonchev–Trinajstić information content (AvgIpc) is 2.77. The van der Waals surface area contributed by atoms with Crippen LogP contribution in [0, 0.1) is 6.92 Å². The van der Waals surface area contributed by atoms with E-state index in [0.717, 1.165) is 9.75 Å². The van der Waals surface area contributed by atoms with Gasteiger partial charge in [0, 0.05) is 18.0 Å². The summed E-state index contributed by atoms with van der Waals surface area (Å²) in [5.74, 6) is 0.149. The molecule has 0 radical (unpaired) electrons. The Morgan fingerprint density at radius 2 is 1.79 bits per heavy atom. The number of likely N-dealkylation sites (N-methyl/N-ethyl adjacent to an activating group) is 2. The van der Waals surface area contributed by atoms with Crippen molar-refractivity contribution in [3.8, 4) is 0 Å². The van der Waals surface area contributed by atoms with Gasteiger partial charge in [0.15, 0.2) is 5.78 Å². The number of amides is 1. The summed E-state index contributed by atoms with van der Waals surface area (Å²) in [5.41, 5.74) is 0. The number of thiophene rings is 1. The smallest absolute Gasteiger partial charge is 0.236 e. The third kappa shape index (κ3) is 4.76. The molecule has 1 rings (SSSR count). The number of hydrogen-bond acceptors (Lipinski definition) is 4. The van der Waals surface area contributed by atoms with E-state index in [1.54, 1.807) is 16.8 Å². The maximum atomic E-state index is 12.0. The summed E-state index contributed by atoms with van der Waals surface area (Å²) in [6.07, 6.45) is 0. The highest BCUT2D eigenvalue weighted by Crippen LogP contribution is 2.15. The fourth-order valence-electron chi connectivity index (χ4n) is 1.87. The fourth-order valence-corrected chi connectivity index (χ4v) is 2.67. The quantitative estimate of drug-likeness (QED) is 0.719. The predicted molar refractivity (Wildman–Crippen MR) is 78.8 cm³/mol. The minimum absolute atomic E-state index is 0.0719. The van der Waals surface area contributed by atoms with Crippen LogP contribution in [0.4, 0.5) is 0 Å². The lowest BCUT2D eigenvalue weighted by molar-refractivity contribution is -0.131. The predicted octanol–water partition coefficient (Wildman–Crippen LogP) is 2.04. The minimum atomic E-state index is 0.0719. The van der Waals surface area contributed by atoms with Crippen molar-refractivity contribution in [3.05, 3.63) is 21.9 Å². The Morgan fingerprint density at radius 3 is 2.26 bits per heavy atom. The van der Waals surface area contributed by atoms with Crippen molar-refractivity contribution in [2.45, 2.75) is 20.8 Å². The number of hydrogen-bond donors (Lipinski definition) is 0. The van der Waals surface area contributed by atoms with Crippen molar-refractivity contribution < 1.29 is 9.59 Å². The van der Waals surface area contributed by atoms with Gasteiger partial charge in [0.2, 0.25) is 5.91 Å². The zero-order valence-corrected chi connectivity index (χ0v) is 12.9. The molecule has 0 saturated heterocycles. The molecule has 1 amide bonds. The van der Waals surface area contributed by atoms with Crippen molar-refractivity contribution in [3.63, 3.8) is 0 Å². The molecule has 4 nitrogen and oxygen atoms in total. The maximum absolute atomic E-state index is 12.0. The van der Waals surface area contributed by atoms with Crippen LogP contribution in [-0.4, -0.2) is 54.7 Å². The molecule has 1 aromatic heterocycles. The van der Waals surface area contributed by atoms with Crippen molar-refractivity contribution in [2.24, 2.45) is 0 Å². The first-order valence-corrected chi connectivity index (χ1v) is 7.35. The molecule has 5 heteroatoms. The Balaban J connectivity index is 2.49. The molecule has 0 aliphatic carbocycles. The highest BCUT2D eigenvalue weighted by molar-refractivity contribution is 7.14. The number of carbonyl (C=O) groups is 2. The highest BCUT2D eigenvalue weighted by atomic mass is 32.1. The van der Waals surface area contributed by atoms with E-state index in [1.165, 1.54) is 11.3 Å². The van der Waals surface area contributed by atoms with Crippen LogP contribution in [0.1, 0.15) is 28.4 Å². The first kappa shape index (κ1) is 15.9. The molecule has 0 aliphatic heterocycles. The number of carbonyl (C=O) groups excluding carboxylic acids is 2. The van der Waals surface area contributed by atoms with Crippen LogP contribution in [-0.2, 0) is 4.79 Å². The van der Waals surface area contributed by atoms with Crippen LogP contribution in [0.3, 0.4) is 0 Å². The van der Waals surface area contributed by atoms with Crippen LogP contribution >= 0.6 is 11.3 Å². The monoisotopic (exact) mass is 282 g/mol. The van der Waals surface area contributed by atoms with E-state index >= 15 is 0 Å². The van der Waals surface area contributed by atoms with Gasteiger partial charge in [-0.25, -0.2) is 0 Å². The van der Waals surface area contributed by atoms with Gasteiger partial charge in [-0.05, 0) is 40.0 Å². The minimum Gasteiger partial charge on any atom is -0.342 e. The molecule has 0 bridgehead atoms. The molecule has 0 aliphatic rings. The molecule has 1 heterocycles. The van der Waals surface area contributed by atoms with Gasteiger partial charge >= 0.3 is 0 Å². The first-order chi connectivity index (χ1) is 8.97. The second-order valence-corrected chi connectivity index (χ2v) is 5.86. The lowest BCUT2D eigenvalue weighted by Gasteiger charge is -2.22. The number of rotatable bonds is 7. The Hall–Kier alpha value is -1.20. The lowest BCUT2D eigenvalue weighted by atomic mass is 10.3. The summed E-state index contributed by atoms with van der Waals surface area (Å²) < 4.78 is 0. The largest absolute Gasteiger partial charge is 0.342 e. The van der Waals surface area contributed by atoms with Crippen molar-refractivity contribution in [1.29, 1.82) is 0 Å². The summed E-state index contributed by atoms with van der Waals surface area (Å²) in [5, 5.41) is 0. The van der Waals surface area contributed by atoms with Gasteiger partial charge in [-0.15, -0.1) is 11.3 Å². The fraction of sp³-hybridized carbons (Fsp3) is 0.571. The molecule has 0 fully saturated rings. The molecule has 0 N–H and O–H groups in total. The molecular weight excluding hydrogens is 260 g/mol. The van der Waals surface area contributed by atoms with E-state index in [0.29, 0.717) is 13.1 Å². The van der Waals surface area contributed by atoms with E-state index in [9.17, 15) is 9.59 Å². The van der Waals surface area contributed by atoms with Crippen LogP contribution in [0.15, 0.2) is 12.1 Å². The Kier molecular flexibility index (Phi) is 6.18. The van der Waals surface area contributed by atoms with Gasteiger partial charge < -0.3 is 4.90 Å². The topological polar surface area (TPSA) is 40.6 Å². The number of Topliss-reactive ketones (excluding diaryl/α,β-unsaturated/α-hetero) is 1. The van der Waals surface area contributed by atoms with Crippen LogP contribution < -0.4 is 0 Å². The lowest BCUT2D eigenvalue weighted by Crippen LogP contribution is -2.40. The molecule has 0 aromatic carbocycles. The molecular formula is C14H22N2O2S. The van der Waals surface area contributed by atoms with E-state index in [2.05, 4.69) is 0 Å². The third-order valence-electron chi connectivity index (χ3n) is 2.95. The summed E-state index contributed by atoms with van der Waals surface area (Å²) in [6, 6.07) is 3.79. The second kappa shape index (κ2) is 7.40. The second-order valence-electron chi connectivity index (χ2n) is 4.57. The first-order valence-electron chi connectivity index (χ1n) is 6.53. The van der Waals surface area contributed by atoms with Gasteiger partial charge in [0.05, 0.1) is 18.0 Å². The summed E-state index contributed by atoms with van der Waals surface area (Å²) in [6.45, 7) is 7.89. The van der Waals surface area contributed by atoms with Gasteiger partial charge in [-0.1, -0.05) is 0 Å². The van der Waals surface area contributed by atoms with E-state index < -0.39 is 0 Å². The molecule has 106 valence electrons. The molecule has 0 unspecified atom stereocenters. The molecule has 1 aromatic rings. The number of nitrogens with zero attached hydrogens (tertiary/aromatic N) is 2. The summed E-state index contributed by atoms with van der Waals surface area (Å²) >= 11 is 1.50. The SMILES string of the molecule is CCN(CC)C(=O)CN(C)CC(=O)c1ccc(C)s1. The average molecular weight is 282 g/mol. The van der Waals surface area contributed by atoms with Gasteiger partial charge in [0.1, 0.15) is 0 Å². The van der Waals surface area contributed by atoms with E-state index in [4.69, 9.17) is 0 Å². The number of aryl methyl sites for hydroxylation is 1. The Morgan fingerprint density at radius 1 is 1.16 bits per heavy atom. The number of ketones is 1. The van der Waals surface area contributed by atoms with E-state index in [-0.39, 0.29) is 24.8 Å². The molecule has 0 spiro atoms. The highest BCUT2D eigenvalue weighted by Gasteiger charge is 2.16. The maximum Gasteiger partial charge on any atom is 0.236 e. The standard InChI is InChI=1S/C14H22N2O2S/c1-5-16(6-2)14(18)10-15(4)9-12(17)13-8-7-11(3)19-13/h7-8H,5-6,9-10H2,1-4H3. The van der Waals surface area contributed by atoms with Crippen molar-refractivity contribution in [2.75, 3.05) is 33.2 Å². The van der Waals surface area contributed by atoms with Gasteiger partial charge in [-0.3, -0.25) is 14.5 Å². The zero-order chi connectivity index (χ0) is 14.4. The molecule has 0 saturated carbocycles. The van der Waals surface area contributed by atoms with Crippen LogP contribution in [0.25, 0.3) is 0 Å². The molecule has 0 atom stereocenters. The van der Waals surface area contributed by atoms with Crippen LogP contribution in [0.5, 0.6) is 0 Å². The van der Waals surface area contributed by atoms with Crippen LogP contribution in [0.2, 0.25) is 0 Å². The summed E-state index contributed by atoms with van der Waals surface area (Å²) in [7, 11) is 1.81. The normalized spacial score (nSPS) is 10.8. The van der Waals surface area contributed by atoms with E-state index in [1.807, 2.05) is 32.9 Å². The molecule has 19 heavy (non-hydrogen) atoms. The zero-order valence-electron chi connectivity index (χ0n) is 12.1. The van der Waals surface area contributed by atoms with Gasteiger partial charge in [-0.2, -0.15) is 0 Å². The van der Waals surface area contributed by atoms with Crippen molar-refractivity contribution >= 4 is 23.0 Å². The Labute approximate surface area is 119 Å². The Bertz CT molecular complexity index is 438. The van der Waals surface area contributed by atoms with Gasteiger partial charge in [0.25, 0.3) is 0 Å². The summed E-state index contributed by atoms with van der Waals surface area (Å²) in [4.78, 5) is 29.4. The third-order valence-corrected chi connectivity index (χ3v) is 3.99.